The average Bonchev–Trinajstić information content (AvgIpc) is 3.01. The minimum atomic E-state index is -3.35. The lowest BCUT2D eigenvalue weighted by Gasteiger charge is -2.14. The summed E-state index contributed by atoms with van der Waals surface area (Å²) < 4.78 is 25.7. The smallest absolute Gasteiger partial charge is 0.181 e. The number of H-pyrrole nitrogens is 1. The van der Waals surface area contributed by atoms with Crippen LogP contribution in [0.5, 0.6) is 0 Å². The van der Waals surface area contributed by atoms with Crippen LogP contribution in [0, 0.1) is 20.8 Å². The summed E-state index contributed by atoms with van der Waals surface area (Å²) in [5.74, 6) is 1.98. The third-order valence-corrected chi connectivity index (χ3v) is 7.68. The molecule has 3 rings (SSSR count). The van der Waals surface area contributed by atoms with Gasteiger partial charge in [-0.3, -0.25) is 5.10 Å². The molecule has 0 saturated heterocycles. The molecule has 0 spiro atoms. The predicted molar refractivity (Wildman–Crippen MR) is 114 cm³/mol. The zero-order valence-corrected chi connectivity index (χ0v) is 18.3. The molecule has 0 amide bonds. The molecule has 0 fully saturated rings. The normalized spacial score (nSPS) is 12.7. The Morgan fingerprint density at radius 2 is 1.93 bits per heavy atom. The Morgan fingerprint density at radius 1 is 1.17 bits per heavy atom. The molecule has 1 unspecified atom stereocenters. The Bertz CT molecular complexity index is 1120. The molecule has 0 aliphatic carbocycles. The molecule has 29 heavy (non-hydrogen) atoms. The highest BCUT2D eigenvalue weighted by Gasteiger charge is 2.24. The molecular weight excluding hydrogens is 386 g/mol. The summed E-state index contributed by atoms with van der Waals surface area (Å²) in [7, 11) is -3.35. The summed E-state index contributed by atoms with van der Waals surface area (Å²) in [4.78, 5) is 9.28. The van der Waals surface area contributed by atoms with Gasteiger partial charge in [0.05, 0.1) is 10.1 Å². The van der Waals surface area contributed by atoms with Crippen molar-refractivity contribution in [3.8, 4) is 0 Å². The molecule has 0 radical (unpaired) electrons. The summed E-state index contributed by atoms with van der Waals surface area (Å²) in [5.41, 5.74) is 3.65. The lowest BCUT2D eigenvalue weighted by molar-refractivity contribution is 0.580. The Hall–Kier alpha value is -2.74. The first kappa shape index (κ1) is 21.0. The average molecular weight is 414 g/mol. The van der Waals surface area contributed by atoms with E-state index in [2.05, 4.69) is 25.5 Å². The second kappa shape index (κ2) is 8.32. The number of aromatic nitrogens is 4. The summed E-state index contributed by atoms with van der Waals surface area (Å²) in [6, 6.07) is 7.31. The number of nitrogens with zero attached hydrogens (tertiary/aromatic N) is 3. The Morgan fingerprint density at radius 3 is 2.59 bits per heavy atom. The van der Waals surface area contributed by atoms with Crippen LogP contribution in [0.2, 0.25) is 0 Å². The van der Waals surface area contributed by atoms with Gasteiger partial charge in [-0.15, -0.1) is 0 Å². The summed E-state index contributed by atoms with van der Waals surface area (Å²) in [5, 5.41) is 9.95. The monoisotopic (exact) mass is 413 g/mol. The number of rotatable bonds is 7. The van der Waals surface area contributed by atoms with Crippen LogP contribution in [0.4, 0.5) is 11.6 Å². The summed E-state index contributed by atoms with van der Waals surface area (Å²) >= 11 is 0. The van der Waals surface area contributed by atoms with Gasteiger partial charge >= 0.3 is 0 Å². The van der Waals surface area contributed by atoms with Gasteiger partial charge in [-0.1, -0.05) is 19.1 Å². The molecule has 154 valence electrons. The fourth-order valence-electron chi connectivity index (χ4n) is 2.96. The van der Waals surface area contributed by atoms with Gasteiger partial charge in [0, 0.05) is 23.9 Å². The molecule has 2 N–H and O–H groups in total. The van der Waals surface area contributed by atoms with Gasteiger partial charge in [-0.25, -0.2) is 18.4 Å². The fraction of sp³-hybridized carbons (Fsp3) is 0.381. The number of benzene rings is 1. The molecule has 1 aromatic carbocycles. The third kappa shape index (κ3) is 4.48. The van der Waals surface area contributed by atoms with Crippen LogP contribution in [-0.4, -0.2) is 33.8 Å². The lowest BCUT2D eigenvalue weighted by Crippen LogP contribution is -2.18. The van der Waals surface area contributed by atoms with E-state index in [4.69, 9.17) is 0 Å². The van der Waals surface area contributed by atoms with E-state index in [0.29, 0.717) is 29.4 Å². The fourth-order valence-corrected chi connectivity index (χ4v) is 4.67. The molecule has 0 aliphatic rings. The van der Waals surface area contributed by atoms with E-state index in [9.17, 15) is 8.42 Å². The summed E-state index contributed by atoms with van der Waals surface area (Å²) in [6.07, 6.45) is 2.71. The van der Waals surface area contributed by atoms with Crippen molar-refractivity contribution < 1.29 is 8.42 Å². The van der Waals surface area contributed by atoms with Crippen LogP contribution >= 0.6 is 0 Å². The molecule has 3 aromatic rings. The van der Waals surface area contributed by atoms with Crippen molar-refractivity contribution in [1.82, 2.24) is 20.2 Å². The van der Waals surface area contributed by atoms with Crippen molar-refractivity contribution in [2.24, 2.45) is 0 Å². The van der Waals surface area contributed by atoms with Crippen molar-refractivity contribution in [2.75, 3.05) is 5.32 Å². The van der Waals surface area contributed by atoms with E-state index < -0.39 is 15.1 Å². The maximum atomic E-state index is 12.8. The van der Waals surface area contributed by atoms with Crippen LogP contribution in [0.3, 0.4) is 0 Å². The molecule has 8 heteroatoms. The van der Waals surface area contributed by atoms with E-state index >= 15 is 0 Å². The van der Waals surface area contributed by atoms with E-state index in [-0.39, 0.29) is 0 Å². The van der Waals surface area contributed by atoms with Gasteiger partial charge in [-0.2, -0.15) is 5.10 Å². The second-order valence-corrected chi connectivity index (χ2v) is 9.68. The number of nitrogens with one attached hydrogen (secondary N) is 2. The number of aryl methyl sites for hydroxylation is 2. The number of hydrogen-bond donors (Lipinski definition) is 2. The topological polar surface area (TPSA) is 101 Å². The highest BCUT2D eigenvalue weighted by molar-refractivity contribution is 7.92. The van der Waals surface area contributed by atoms with Gasteiger partial charge in [0.1, 0.15) is 11.6 Å². The van der Waals surface area contributed by atoms with Crippen LogP contribution in [0.25, 0.3) is 0 Å². The molecule has 0 saturated carbocycles. The van der Waals surface area contributed by atoms with E-state index in [1.165, 1.54) is 0 Å². The molecule has 2 aromatic heterocycles. The molecule has 0 aliphatic heterocycles. The quantitative estimate of drug-likeness (QED) is 0.606. The SMILES string of the molecule is CCC(C)S(=O)(=O)c1cc(Cc2nccc(Nc3n[nH]c(C)c3C)n2)ccc1C. The lowest BCUT2D eigenvalue weighted by atomic mass is 10.1. The first-order chi connectivity index (χ1) is 13.7. The first-order valence-corrected chi connectivity index (χ1v) is 11.2. The van der Waals surface area contributed by atoms with Crippen LogP contribution in [-0.2, 0) is 16.3 Å². The zero-order valence-electron chi connectivity index (χ0n) is 17.4. The third-order valence-electron chi connectivity index (χ3n) is 5.23. The molecule has 0 bridgehead atoms. The van der Waals surface area contributed by atoms with Gasteiger partial charge in [-0.05, 0) is 57.4 Å². The second-order valence-electron chi connectivity index (χ2n) is 7.35. The first-order valence-electron chi connectivity index (χ1n) is 9.66. The number of hydrogen-bond acceptors (Lipinski definition) is 6. The Balaban J connectivity index is 1.85. The maximum absolute atomic E-state index is 12.8. The van der Waals surface area contributed by atoms with Crippen molar-refractivity contribution in [3.05, 3.63) is 58.7 Å². The van der Waals surface area contributed by atoms with Crippen LogP contribution in [0.15, 0.2) is 35.4 Å². The predicted octanol–water partition coefficient (Wildman–Crippen LogP) is 4.03. The van der Waals surface area contributed by atoms with E-state index in [1.54, 1.807) is 25.3 Å². The molecular formula is C21H27N5O2S. The highest BCUT2D eigenvalue weighted by Crippen LogP contribution is 2.24. The van der Waals surface area contributed by atoms with Crippen molar-refractivity contribution in [3.63, 3.8) is 0 Å². The number of aromatic amines is 1. The van der Waals surface area contributed by atoms with Crippen LogP contribution in [0.1, 0.15) is 48.5 Å². The number of sulfone groups is 1. The maximum Gasteiger partial charge on any atom is 0.181 e. The highest BCUT2D eigenvalue weighted by atomic mass is 32.2. The van der Waals surface area contributed by atoms with Crippen LogP contribution < -0.4 is 5.32 Å². The standard InChI is InChI=1S/C21H27N5O2S/c1-6-14(3)29(27,28)18-11-17(8-7-13(18)2)12-20-22-10-9-19(23-20)24-21-15(4)16(5)25-26-21/h7-11,14H,6,12H2,1-5H3,(H2,22,23,24,25,26). The minimum Gasteiger partial charge on any atom is -0.323 e. The molecule has 1 atom stereocenters. The zero-order chi connectivity index (χ0) is 21.2. The minimum absolute atomic E-state index is 0.390. The van der Waals surface area contributed by atoms with E-state index in [0.717, 1.165) is 28.2 Å². The van der Waals surface area contributed by atoms with Crippen molar-refractivity contribution in [1.29, 1.82) is 0 Å². The summed E-state index contributed by atoms with van der Waals surface area (Å²) in [6.45, 7) is 9.40. The van der Waals surface area contributed by atoms with Gasteiger partial charge in [0.15, 0.2) is 15.7 Å². The molecule has 2 heterocycles. The van der Waals surface area contributed by atoms with E-state index in [1.807, 2.05) is 39.8 Å². The van der Waals surface area contributed by atoms with Gasteiger partial charge < -0.3 is 5.32 Å². The van der Waals surface area contributed by atoms with Crippen molar-refractivity contribution >= 4 is 21.5 Å². The van der Waals surface area contributed by atoms with Gasteiger partial charge in [0.2, 0.25) is 0 Å². The molecule has 7 nitrogen and oxygen atoms in total. The van der Waals surface area contributed by atoms with Gasteiger partial charge in [0.25, 0.3) is 0 Å². The largest absolute Gasteiger partial charge is 0.323 e. The van der Waals surface area contributed by atoms with Crippen molar-refractivity contribution in [2.45, 2.75) is 57.6 Å². The number of anilines is 2. The Labute approximate surface area is 171 Å². The Kier molecular flexibility index (Phi) is 6.02.